The first-order chi connectivity index (χ1) is 11.8. The molecule has 0 bridgehead atoms. The molecule has 2 aromatic carbocycles. The molecule has 24 heavy (non-hydrogen) atoms. The van der Waals surface area contributed by atoms with Gasteiger partial charge in [0, 0.05) is 23.6 Å². The third-order valence-corrected chi connectivity index (χ3v) is 3.95. The lowest BCUT2D eigenvalue weighted by molar-refractivity contribution is 0.0922. The normalized spacial score (nSPS) is 13.2. The van der Waals surface area contributed by atoms with Crippen LogP contribution in [-0.4, -0.2) is 18.6 Å². The van der Waals surface area contributed by atoms with Crippen LogP contribution in [0.5, 0.6) is 5.75 Å². The number of nitrogens with zero attached hydrogens (tertiary/aromatic N) is 1. The first-order valence-corrected chi connectivity index (χ1v) is 7.77. The van der Waals surface area contributed by atoms with Gasteiger partial charge in [-0.1, -0.05) is 36.4 Å². The van der Waals surface area contributed by atoms with Gasteiger partial charge >= 0.3 is 0 Å². The molecule has 118 valence electrons. The number of ether oxygens (including phenoxy) is 1. The summed E-state index contributed by atoms with van der Waals surface area (Å²) in [5.74, 6) is 0.544. The average Bonchev–Trinajstić information content (AvgIpc) is 3.29. The van der Waals surface area contributed by atoms with E-state index in [1.54, 1.807) is 0 Å². The van der Waals surface area contributed by atoms with Gasteiger partial charge in [0.25, 0.3) is 0 Å². The third kappa shape index (κ3) is 2.63. The average molecular weight is 317 g/mol. The molecule has 0 amide bonds. The van der Waals surface area contributed by atoms with Crippen LogP contribution in [0.1, 0.15) is 22.3 Å². The molecule has 1 aromatic heterocycles. The summed E-state index contributed by atoms with van der Waals surface area (Å²) in [6.07, 6.45) is 6.21. The summed E-state index contributed by atoms with van der Waals surface area (Å²) < 4.78 is 11.2. The van der Waals surface area contributed by atoms with Gasteiger partial charge < -0.3 is 9.15 Å². The van der Waals surface area contributed by atoms with E-state index in [1.807, 2.05) is 60.8 Å². The summed E-state index contributed by atoms with van der Waals surface area (Å²) in [5, 5.41) is 0.808. The Labute approximate surface area is 139 Å². The van der Waals surface area contributed by atoms with Crippen LogP contribution in [0.4, 0.5) is 0 Å². The number of fused-ring (bicyclic) bond motifs is 1. The van der Waals surface area contributed by atoms with Crippen molar-refractivity contribution < 1.29 is 13.9 Å². The zero-order valence-corrected chi connectivity index (χ0v) is 12.9. The molecule has 0 radical (unpaired) electrons. The Morgan fingerprint density at radius 2 is 1.96 bits per heavy atom. The number of carbonyl (C=O) groups is 1. The van der Waals surface area contributed by atoms with Crippen LogP contribution in [0.2, 0.25) is 0 Å². The Kier molecular flexibility index (Phi) is 3.71. The Morgan fingerprint density at radius 1 is 1.12 bits per heavy atom. The molecule has 0 spiro atoms. The topological polar surface area (TPSA) is 51.8 Å². The minimum Gasteiger partial charge on any atom is -0.485 e. The number of hydrogen-bond acceptors (Lipinski definition) is 4. The minimum atomic E-state index is -0.112. The van der Waals surface area contributed by atoms with Gasteiger partial charge in [0.1, 0.15) is 17.6 Å². The van der Waals surface area contributed by atoms with Gasteiger partial charge in [-0.3, -0.25) is 9.79 Å². The predicted octanol–water partition coefficient (Wildman–Crippen LogP) is 4.51. The van der Waals surface area contributed by atoms with Crippen molar-refractivity contribution in [2.45, 2.75) is 6.42 Å². The molecule has 0 saturated heterocycles. The van der Waals surface area contributed by atoms with Crippen LogP contribution in [0.15, 0.2) is 70.3 Å². The number of ketones is 1. The van der Waals surface area contributed by atoms with Crippen LogP contribution in [0.25, 0.3) is 16.7 Å². The number of hydrogen-bond donors (Lipinski definition) is 0. The number of Topliss-reactive ketones (excluding diaryl/α,β-unsaturated/α-hetero) is 1. The summed E-state index contributed by atoms with van der Waals surface area (Å²) in [4.78, 5) is 16.8. The Hall–Kier alpha value is -3.14. The molecule has 0 fully saturated rings. The number of carbonyl (C=O) groups excluding carboxylic acids is 1. The highest BCUT2D eigenvalue weighted by Crippen LogP contribution is 2.29. The minimum absolute atomic E-state index is 0.0441. The van der Waals surface area contributed by atoms with E-state index in [0.29, 0.717) is 16.9 Å². The molecule has 0 aliphatic carbocycles. The second-order valence-electron chi connectivity index (χ2n) is 5.49. The summed E-state index contributed by atoms with van der Waals surface area (Å²) >= 11 is 0. The second kappa shape index (κ2) is 6.16. The fourth-order valence-electron chi connectivity index (χ4n) is 2.77. The van der Waals surface area contributed by atoms with Crippen molar-refractivity contribution in [2.24, 2.45) is 4.99 Å². The summed E-state index contributed by atoms with van der Waals surface area (Å²) in [6, 6.07) is 15.1. The second-order valence-corrected chi connectivity index (χ2v) is 5.49. The van der Waals surface area contributed by atoms with E-state index in [-0.39, 0.29) is 12.4 Å². The molecule has 2 heterocycles. The Morgan fingerprint density at radius 3 is 2.83 bits per heavy atom. The lowest BCUT2D eigenvalue weighted by Gasteiger charge is -2.10. The fourth-order valence-corrected chi connectivity index (χ4v) is 2.77. The number of para-hydroxylation sites is 2. The van der Waals surface area contributed by atoms with E-state index in [1.165, 1.54) is 6.26 Å². The van der Waals surface area contributed by atoms with E-state index in [4.69, 9.17) is 9.15 Å². The molecule has 0 saturated carbocycles. The molecule has 0 unspecified atom stereocenters. The van der Waals surface area contributed by atoms with Gasteiger partial charge in [0.05, 0.1) is 11.3 Å². The standard InChI is InChI=1S/C20H15NO3/c22-18(16-12-23-19-9-3-1-6-14(16)19)13-24-20-10-4-2-7-15(20)17-8-5-11-21-17/h1-4,6-12H,5,13H2. The monoisotopic (exact) mass is 317 g/mol. The highest BCUT2D eigenvalue weighted by Gasteiger charge is 2.16. The maximum Gasteiger partial charge on any atom is 0.204 e. The first-order valence-electron chi connectivity index (χ1n) is 7.77. The molecule has 1 aliphatic rings. The Bertz CT molecular complexity index is 966. The van der Waals surface area contributed by atoms with E-state index < -0.39 is 0 Å². The SMILES string of the molecule is O=C(COc1ccccc1C1=CCC=N1)c1coc2ccccc12. The summed E-state index contributed by atoms with van der Waals surface area (Å²) in [7, 11) is 0. The van der Waals surface area contributed by atoms with Gasteiger partial charge in [-0.05, 0) is 18.2 Å². The smallest absolute Gasteiger partial charge is 0.204 e. The van der Waals surface area contributed by atoms with E-state index in [0.717, 1.165) is 23.1 Å². The number of benzene rings is 2. The van der Waals surface area contributed by atoms with Gasteiger partial charge in [-0.15, -0.1) is 0 Å². The highest BCUT2D eigenvalue weighted by molar-refractivity contribution is 6.07. The van der Waals surface area contributed by atoms with Gasteiger partial charge in [0.15, 0.2) is 6.61 Å². The van der Waals surface area contributed by atoms with Crippen LogP contribution < -0.4 is 4.74 Å². The molecule has 4 rings (SSSR count). The number of rotatable bonds is 5. The molecule has 3 aromatic rings. The van der Waals surface area contributed by atoms with Crippen LogP contribution in [0.3, 0.4) is 0 Å². The van der Waals surface area contributed by atoms with Crippen molar-refractivity contribution in [1.82, 2.24) is 0 Å². The van der Waals surface area contributed by atoms with Gasteiger partial charge in [-0.25, -0.2) is 0 Å². The van der Waals surface area contributed by atoms with Crippen LogP contribution in [0, 0.1) is 0 Å². The van der Waals surface area contributed by atoms with Crippen molar-refractivity contribution in [3.8, 4) is 5.75 Å². The van der Waals surface area contributed by atoms with Crippen molar-refractivity contribution in [2.75, 3.05) is 6.61 Å². The van der Waals surface area contributed by atoms with Crippen LogP contribution in [-0.2, 0) is 0 Å². The van der Waals surface area contributed by atoms with Crippen molar-refractivity contribution in [3.63, 3.8) is 0 Å². The first kappa shape index (κ1) is 14.5. The molecular formula is C20H15NO3. The largest absolute Gasteiger partial charge is 0.485 e. The number of aliphatic imine (C=N–C) groups is 1. The Balaban J connectivity index is 1.55. The van der Waals surface area contributed by atoms with E-state index in [2.05, 4.69) is 4.99 Å². The molecule has 4 heteroatoms. The van der Waals surface area contributed by atoms with Crippen molar-refractivity contribution >= 4 is 28.7 Å². The van der Waals surface area contributed by atoms with Crippen LogP contribution >= 0.6 is 0 Å². The lowest BCUT2D eigenvalue weighted by atomic mass is 10.1. The maximum atomic E-state index is 12.5. The zero-order chi connectivity index (χ0) is 16.4. The number of allylic oxidation sites excluding steroid dienone is 1. The fraction of sp³-hybridized carbons (Fsp3) is 0.100. The predicted molar refractivity (Wildman–Crippen MR) is 93.6 cm³/mol. The van der Waals surface area contributed by atoms with Gasteiger partial charge in [-0.2, -0.15) is 0 Å². The summed E-state index contributed by atoms with van der Waals surface area (Å²) in [5.41, 5.74) is 3.02. The lowest BCUT2D eigenvalue weighted by Crippen LogP contribution is -2.11. The quantitative estimate of drug-likeness (QED) is 0.651. The highest BCUT2D eigenvalue weighted by atomic mass is 16.5. The molecule has 0 N–H and O–H groups in total. The summed E-state index contributed by atoms with van der Waals surface area (Å²) in [6.45, 7) is -0.0441. The maximum absolute atomic E-state index is 12.5. The molecule has 4 nitrogen and oxygen atoms in total. The molecule has 1 aliphatic heterocycles. The van der Waals surface area contributed by atoms with Gasteiger partial charge in [0.2, 0.25) is 5.78 Å². The van der Waals surface area contributed by atoms with Crippen molar-refractivity contribution in [3.05, 3.63) is 72.0 Å². The van der Waals surface area contributed by atoms with Crippen molar-refractivity contribution in [1.29, 1.82) is 0 Å². The molecule has 0 atom stereocenters. The van der Waals surface area contributed by atoms with E-state index in [9.17, 15) is 4.79 Å². The third-order valence-electron chi connectivity index (χ3n) is 3.95. The number of furan rings is 1. The van der Waals surface area contributed by atoms with E-state index >= 15 is 0 Å². The molecular weight excluding hydrogens is 302 g/mol. The zero-order valence-electron chi connectivity index (χ0n) is 12.9.